The fourth-order valence-electron chi connectivity index (χ4n) is 1.81. The predicted molar refractivity (Wildman–Crippen MR) is 86.4 cm³/mol. The van der Waals surface area contributed by atoms with Gasteiger partial charge in [0.05, 0.1) is 6.61 Å². The molecule has 0 atom stereocenters. The number of thioether (sulfide) groups is 1. The standard InChI is InChI=1S/C16H18N2O2S/c1-12-4-2-3-5-15(12)21-11-10-20-14-8-6-13(7-9-14)16(17)18-19/h2-9,19H,10-11H2,1H3,(H2,17,18). The number of nitrogens with two attached hydrogens (primary N) is 1. The topological polar surface area (TPSA) is 67.8 Å². The van der Waals surface area contributed by atoms with E-state index in [1.807, 2.05) is 24.3 Å². The Morgan fingerprint density at radius 2 is 1.90 bits per heavy atom. The van der Waals surface area contributed by atoms with Crippen LogP contribution in [0.3, 0.4) is 0 Å². The molecule has 3 N–H and O–H groups in total. The zero-order valence-corrected chi connectivity index (χ0v) is 12.6. The van der Waals surface area contributed by atoms with Crippen molar-refractivity contribution in [1.29, 1.82) is 0 Å². The zero-order chi connectivity index (χ0) is 15.1. The summed E-state index contributed by atoms with van der Waals surface area (Å²) < 4.78 is 5.67. The molecule has 0 aliphatic heterocycles. The van der Waals surface area contributed by atoms with Gasteiger partial charge in [0, 0.05) is 16.2 Å². The molecule has 0 amide bonds. The quantitative estimate of drug-likeness (QED) is 0.215. The highest BCUT2D eigenvalue weighted by Gasteiger charge is 2.01. The summed E-state index contributed by atoms with van der Waals surface area (Å²) in [5.74, 6) is 1.75. The van der Waals surface area contributed by atoms with Gasteiger partial charge < -0.3 is 15.7 Å². The van der Waals surface area contributed by atoms with E-state index in [2.05, 4.69) is 24.2 Å². The van der Waals surface area contributed by atoms with Crippen molar-refractivity contribution in [3.63, 3.8) is 0 Å². The molecule has 0 saturated carbocycles. The average Bonchev–Trinajstić information content (AvgIpc) is 2.53. The second-order valence-corrected chi connectivity index (χ2v) is 5.61. The molecular weight excluding hydrogens is 284 g/mol. The molecule has 5 heteroatoms. The number of amidine groups is 1. The van der Waals surface area contributed by atoms with E-state index in [0.29, 0.717) is 12.2 Å². The summed E-state index contributed by atoms with van der Waals surface area (Å²) in [6.07, 6.45) is 0. The Kier molecular flexibility index (Phi) is 5.51. The lowest BCUT2D eigenvalue weighted by Gasteiger charge is -2.08. The Labute approximate surface area is 128 Å². The van der Waals surface area contributed by atoms with Crippen LogP contribution < -0.4 is 10.5 Å². The smallest absolute Gasteiger partial charge is 0.170 e. The minimum Gasteiger partial charge on any atom is -0.493 e. The number of hydrogen-bond donors (Lipinski definition) is 2. The minimum atomic E-state index is 0.0941. The highest BCUT2D eigenvalue weighted by Crippen LogP contribution is 2.21. The summed E-state index contributed by atoms with van der Waals surface area (Å²) in [4.78, 5) is 1.28. The van der Waals surface area contributed by atoms with Gasteiger partial charge in [0.25, 0.3) is 0 Å². The van der Waals surface area contributed by atoms with E-state index in [9.17, 15) is 0 Å². The third kappa shape index (κ3) is 4.43. The number of ether oxygens (including phenoxy) is 1. The van der Waals surface area contributed by atoms with Crippen LogP contribution in [0, 0.1) is 6.92 Å². The molecule has 0 radical (unpaired) electrons. The highest BCUT2D eigenvalue weighted by atomic mass is 32.2. The van der Waals surface area contributed by atoms with Gasteiger partial charge in [-0.3, -0.25) is 0 Å². The Morgan fingerprint density at radius 3 is 2.57 bits per heavy atom. The van der Waals surface area contributed by atoms with Crippen LogP contribution in [-0.2, 0) is 0 Å². The number of nitrogens with zero attached hydrogens (tertiary/aromatic N) is 1. The van der Waals surface area contributed by atoms with Gasteiger partial charge in [-0.15, -0.1) is 11.8 Å². The number of oxime groups is 1. The Hall–Kier alpha value is -2.14. The van der Waals surface area contributed by atoms with Gasteiger partial charge >= 0.3 is 0 Å². The molecular formula is C16H18N2O2S. The summed E-state index contributed by atoms with van der Waals surface area (Å²) in [6, 6.07) is 15.5. The molecule has 0 saturated heterocycles. The van der Waals surface area contributed by atoms with Crippen molar-refractivity contribution in [3.05, 3.63) is 59.7 Å². The third-order valence-corrected chi connectivity index (χ3v) is 4.10. The molecule has 0 fully saturated rings. The van der Waals surface area contributed by atoms with Crippen LogP contribution in [0.25, 0.3) is 0 Å². The lowest BCUT2D eigenvalue weighted by molar-refractivity contribution is 0.318. The van der Waals surface area contributed by atoms with Gasteiger partial charge in [-0.25, -0.2) is 0 Å². The van der Waals surface area contributed by atoms with Crippen molar-refractivity contribution < 1.29 is 9.94 Å². The van der Waals surface area contributed by atoms with E-state index in [1.165, 1.54) is 10.5 Å². The summed E-state index contributed by atoms with van der Waals surface area (Å²) in [7, 11) is 0. The van der Waals surface area contributed by atoms with Gasteiger partial charge in [0.2, 0.25) is 0 Å². The molecule has 0 aliphatic carbocycles. The Balaban J connectivity index is 1.80. The first-order chi connectivity index (χ1) is 10.2. The predicted octanol–water partition coefficient (Wildman–Crippen LogP) is 3.26. The fraction of sp³-hybridized carbons (Fsp3) is 0.188. The number of aryl methyl sites for hydroxylation is 1. The SMILES string of the molecule is Cc1ccccc1SCCOc1ccc(/C(N)=N/O)cc1. The van der Waals surface area contributed by atoms with Crippen LogP contribution >= 0.6 is 11.8 Å². The molecule has 21 heavy (non-hydrogen) atoms. The summed E-state index contributed by atoms with van der Waals surface area (Å²) in [5, 5.41) is 11.5. The van der Waals surface area contributed by atoms with Crippen LogP contribution in [0.15, 0.2) is 58.6 Å². The van der Waals surface area contributed by atoms with Crippen molar-refractivity contribution in [2.24, 2.45) is 10.9 Å². The van der Waals surface area contributed by atoms with Gasteiger partial charge in [-0.2, -0.15) is 0 Å². The van der Waals surface area contributed by atoms with E-state index in [0.717, 1.165) is 11.5 Å². The maximum absolute atomic E-state index is 8.59. The maximum Gasteiger partial charge on any atom is 0.170 e. The van der Waals surface area contributed by atoms with Crippen LogP contribution in [0.1, 0.15) is 11.1 Å². The first-order valence-electron chi connectivity index (χ1n) is 6.60. The van der Waals surface area contributed by atoms with Crippen LogP contribution in [0.5, 0.6) is 5.75 Å². The summed E-state index contributed by atoms with van der Waals surface area (Å²) >= 11 is 1.78. The molecule has 2 aromatic rings. The highest BCUT2D eigenvalue weighted by molar-refractivity contribution is 7.99. The number of rotatable bonds is 6. The van der Waals surface area contributed by atoms with E-state index < -0.39 is 0 Å². The lowest BCUT2D eigenvalue weighted by atomic mass is 10.2. The van der Waals surface area contributed by atoms with E-state index in [1.54, 1.807) is 23.9 Å². The number of benzene rings is 2. The fourth-order valence-corrected chi connectivity index (χ4v) is 2.67. The second kappa shape index (κ2) is 7.59. The molecule has 0 heterocycles. The molecule has 0 unspecified atom stereocenters. The molecule has 4 nitrogen and oxygen atoms in total. The van der Waals surface area contributed by atoms with E-state index >= 15 is 0 Å². The van der Waals surface area contributed by atoms with Gasteiger partial charge in [-0.1, -0.05) is 23.4 Å². The van der Waals surface area contributed by atoms with Crippen LogP contribution in [0.4, 0.5) is 0 Å². The molecule has 2 rings (SSSR count). The molecule has 0 aromatic heterocycles. The lowest BCUT2D eigenvalue weighted by Crippen LogP contribution is -2.12. The molecule has 0 spiro atoms. The molecule has 2 aromatic carbocycles. The van der Waals surface area contributed by atoms with Gasteiger partial charge in [0.1, 0.15) is 5.75 Å². The summed E-state index contributed by atoms with van der Waals surface area (Å²) in [5.41, 5.74) is 7.45. The minimum absolute atomic E-state index is 0.0941. The largest absolute Gasteiger partial charge is 0.493 e. The van der Waals surface area contributed by atoms with Crippen molar-refractivity contribution in [2.45, 2.75) is 11.8 Å². The molecule has 0 bridgehead atoms. The van der Waals surface area contributed by atoms with Crippen LogP contribution in [-0.4, -0.2) is 23.4 Å². The second-order valence-electron chi connectivity index (χ2n) is 4.47. The first-order valence-corrected chi connectivity index (χ1v) is 7.58. The molecule has 110 valence electrons. The first kappa shape index (κ1) is 15.3. The van der Waals surface area contributed by atoms with Crippen molar-refractivity contribution >= 4 is 17.6 Å². The number of hydrogen-bond acceptors (Lipinski definition) is 4. The van der Waals surface area contributed by atoms with E-state index in [4.69, 9.17) is 15.7 Å². The van der Waals surface area contributed by atoms with Crippen molar-refractivity contribution in [2.75, 3.05) is 12.4 Å². The normalized spacial score (nSPS) is 11.4. The monoisotopic (exact) mass is 302 g/mol. The maximum atomic E-state index is 8.59. The van der Waals surface area contributed by atoms with Gasteiger partial charge in [-0.05, 0) is 42.8 Å². The molecule has 0 aliphatic rings. The van der Waals surface area contributed by atoms with Gasteiger partial charge in [0.15, 0.2) is 5.84 Å². The third-order valence-electron chi connectivity index (χ3n) is 2.96. The average molecular weight is 302 g/mol. The Bertz CT molecular complexity index is 612. The van der Waals surface area contributed by atoms with Crippen LogP contribution in [0.2, 0.25) is 0 Å². The zero-order valence-electron chi connectivity index (χ0n) is 11.8. The Morgan fingerprint density at radius 1 is 1.19 bits per heavy atom. The van der Waals surface area contributed by atoms with Crippen molar-refractivity contribution in [3.8, 4) is 5.75 Å². The van der Waals surface area contributed by atoms with E-state index in [-0.39, 0.29) is 5.84 Å². The summed E-state index contributed by atoms with van der Waals surface area (Å²) in [6.45, 7) is 2.73. The van der Waals surface area contributed by atoms with Crippen molar-refractivity contribution in [1.82, 2.24) is 0 Å².